The van der Waals surface area contributed by atoms with Crippen molar-refractivity contribution in [2.75, 3.05) is 20.1 Å². The fourth-order valence-electron chi connectivity index (χ4n) is 2.50. The predicted molar refractivity (Wildman–Crippen MR) is 102 cm³/mol. The van der Waals surface area contributed by atoms with E-state index >= 15 is 0 Å². The van der Waals surface area contributed by atoms with Gasteiger partial charge >= 0.3 is 0 Å². The molecule has 0 spiro atoms. The second-order valence-corrected chi connectivity index (χ2v) is 8.03. The largest absolute Gasteiger partial charge is 0.343 e. The molecule has 140 valence electrons. The van der Waals surface area contributed by atoms with E-state index in [4.69, 9.17) is 5.73 Å². The Morgan fingerprint density at radius 3 is 2.35 bits per heavy atom. The van der Waals surface area contributed by atoms with Crippen LogP contribution in [0.2, 0.25) is 0 Å². The summed E-state index contributed by atoms with van der Waals surface area (Å²) in [5.41, 5.74) is 7.96. The molecule has 0 radical (unpaired) electrons. The Kier molecular flexibility index (Phi) is 6.90. The van der Waals surface area contributed by atoms with Crippen LogP contribution in [-0.2, 0) is 21.2 Å². The molecular formula is C19H25N3O3S. The first-order valence-electron chi connectivity index (χ1n) is 8.40. The van der Waals surface area contributed by atoms with Gasteiger partial charge in [-0.2, -0.15) is 0 Å². The van der Waals surface area contributed by atoms with Gasteiger partial charge in [0.05, 0.1) is 10.9 Å². The topological polar surface area (TPSA) is 92.5 Å². The Balaban J connectivity index is 1.84. The van der Waals surface area contributed by atoms with E-state index < -0.39 is 16.1 Å². The molecule has 2 rings (SSSR count). The molecule has 0 unspecified atom stereocenters. The molecule has 1 atom stereocenters. The smallest absolute Gasteiger partial charge is 0.240 e. The first kappa shape index (κ1) is 20.1. The van der Waals surface area contributed by atoms with Crippen molar-refractivity contribution in [3.05, 3.63) is 65.7 Å². The van der Waals surface area contributed by atoms with Crippen LogP contribution >= 0.6 is 0 Å². The third-order valence-corrected chi connectivity index (χ3v) is 5.54. The van der Waals surface area contributed by atoms with E-state index in [1.807, 2.05) is 37.3 Å². The number of nitrogens with one attached hydrogen (secondary N) is 1. The van der Waals surface area contributed by atoms with Gasteiger partial charge in [0.15, 0.2) is 0 Å². The van der Waals surface area contributed by atoms with Crippen LogP contribution in [0.5, 0.6) is 0 Å². The summed E-state index contributed by atoms with van der Waals surface area (Å²) in [6, 6.07) is 15.5. The van der Waals surface area contributed by atoms with Gasteiger partial charge in [-0.1, -0.05) is 48.0 Å². The van der Waals surface area contributed by atoms with Crippen LogP contribution in [0.1, 0.15) is 11.1 Å². The summed E-state index contributed by atoms with van der Waals surface area (Å²) in [7, 11) is -1.97. The molecule has 0 bridgehead atoms. The van der Waals surface area contributed by atoms with Gasteiger partial charge in [-0.3, -0.25) is 4.79 Å². The number of rotatable bonds is 8. The van der Waals surface area contributed by atoms with Gasteiger partial charge in [0.1, 0.15) is 0 Å². The van der Waals surface area contributed by atoms with Crippen molar-refractivity contribution >= 4 is 15.9 Å². The lowest BCUT2D eigenvalue weighted by molar-refractivity contribution is -0.131. The zero-order valence-corrected chi connectivity index (χ0v) is 15.9. The first-order valence-corrected chi connectivity index (χ1v) is 9.89. The number of amides is 1. The number of nitrogens with two attached hydrogens (primary N) is 1. The summed E-state index contributed by atoms with van der Waals surface area (Å²) in [6.07, 6.45) is 0.444. The average molecular weight is 375 g/mol. The van der Waals surface area contributed by atoms with Gasteiger partial charge in [0.25, 0.3) is 0 Å². The zero-order chi connectivity index (χ0) is 19.2. The van der Waals surface area contributed by atoms with Crippen LogP contribution in [0.4, 0.5) is 0 Å². The number of carbonyl (C=O) groups is 1. The van der Waals surface area contributed by atoms with E-state index in [0.717, 1.165) is 11.1 Å². The van der Waals surface area contributed by atoms with Gasteiger partial charge in [-0.05, 0) is 31.0 Å². The van der Waals surface area contributed by atoms with Crippen molar-refractivity contribution in [3.63, 3.8) is 0 Å². The molecule has 0 fully saturated rings. The lowest BCUT2D eigenvalue weighted by Gasteiger charge is -2.21. The predicted octanol–water partition coefficient (Wildman–Crippen LogP) is 1.30. The van der Waals surface area contributed by atoms with E-state index in [2.05, 4.69) is 4.72 Å². The van der Waals surface area contributed by atoms with E-state index in [-0.39, 0.29) is 23.9 Å². The molecule has 0 saturated heterocycles. The number of benzene rings is 2. The quantitative estimate of drug-likeness (QED) is 0.727. The third kappa shape index (κ3) is 5.66. The first-order chi connectivity index (χ1) is 12.3. The highest BCUT2D eigenvalue weighted by molar-refractivity contribution is 7.89. The summed E-state index contributed by atoms with van der Waals surface area (Å²) in [5, 5.41) is 0. The van der Waals surface area contributed by atoms with Gasteiger partial charge in [0, 0.05) is 20.1 Å². The zero-order valence-electron chi connectivity index (χ0n) is 15.1. The summed E-state index contributed by atoms with van der Waals surface area (Å²) in [5.74, 6) is -0.219. The van der Waals surface area contributed by atoms with Gasteiger partial charge < -0.3 is 10.6 Å². The SMILES string of the molecule is Cc1ccc(S(=O)(=O)NCCN(C)C(=O)[C@@H](N)Cc2ccccc2)cc1. The Hall–Kier alpha value is -2.22. The summed E-state index contributed by atoms with van der Waals surface area (Å²) in [4.78, 5) is 14.0. The van der Waals surface area contributed by atoms with Crippen LogP contribution < -0.4 is 10.5 Å². The molecule has 6 nitrogen and oxygen atoms in total. The molecule has 0 aliphatic rings. The Labute approximate surface area is 155 Å². The second-order valence-electron chi connectivity index (χ2n) is 6.27. The second kappa shape index (κ2) is 8.93. The van der Waals surface area contributed by atoms with Crippen LogP contribution in [0, 0.1) is 6.92 Å². The van der Waals surface area contributed by atoms with E-state index in [1.165, 1.54) is 4.90 Å². The maximum Gasteiger partial charge on any atom is 0.240 e. The normalized spacial score (nSPS) is 12.6. The Morgan fingerprint density at radius 1 is 1.12 bits per heavy atom. The van der Waals surface area contributed by atoms with Crippen molar-refractivity contribution in [1.29, 1.82) is 0 Å². The molecule has 2 aromatic rings. The fourth-order valence-corrected chi connectivity index (χ4v) is 3.52. The minimum Gasteiger partial charge on any atom is -0.343 e. The van der Waals surface area contributed by atoms with Crippen molar-refractivity contribution < 1.29 is 13.2 Å². The number of likely N-dealkylation sites (N-methyl/N-ethyl adjacent to an activating group) is 1. The van der Waals surface area contributed by atoms with Gasteiger partial charge in [0.2, 0.25) is 15.9 Å². The monoisotopic (exact) mass is 375 g/mol. The fraction of sp³-hybridized carbons (Fsp3) is 0.316. The van der Waals surface area contributed by atoms with Crippen LogP contribution in [0.15, 0.2) is 59.5 Å². The molecule has 0 aliphatic heterocycles. The highest BCUT2D eigenvalue weighted by Gasteiger charge is 2.19. The molecule has 26 heavy (non-hydrogen) atoms. The molecule has 1 amide bonds. The maximum absolute atomic E-state index is 12.3. The highest BCUT2D eigenvalue weighted by Crippen LogP contribution is 2.09. The number of hydrogen-bond acceptors (Lipinski definition) is 4. The van der Waals surface area contributed by atoms with Gasteiger partial charge in [-0.15, -0.1) is 0 Å². The van der Waals surface area contributed by atoms with Crippen molar-refractivity contribution in [3.8, 4) is 0 Å². The molecule has 3 N–H and O–H groups in total. The van der Waals surface area contributed by atoms with Gasteiger partial charge in [-0.25, -0.2) is 13.1 Å². The highest BCUT2D eigenvalue weighted by atomic mass is 32.2. The van der Waals surface area contributed by atoms with Crippen molar-refractivity contribution in [2.45, 2.75) is 24.3 Å². The standard InChI is InChI=1S/C19H25N3O3S/c1-15-8-10-17(11-9-15)26(24,25)21-12-13-22(2)19(23)18(20)14-16-6-4-3-5-7-16/h3-11,18,21H,12-14,20H2,1-2H3/t18-/m0/s1. The molecule has 0 saturated carbocycles. The number of nitrogens with zero attached hydrogens (tertiary/aromatic N) is 1. The van der Waals surface area contributed by atoms with E-state index in [1.54, 1.807) is 31.3 Å². The summed E-state index contributed by atoms with van der Waals surface area (Å²) >= 11 is 0. The van der Waals surface area contributed by atoms with Crippen LogP contribution in [0.3, 0.4) is 0 Å². The third-order valence-electron chi connectivity index (χ3n) is 4.06. The lowest BCUT2D eigenvalue weighted by atomic mass is 10.1. The van der Waals surface area contributed by atoms with Crippen molar-refractivity contribution in [1.82, 2.24) is 9.62 Å². The molecule has 0 aromatic heterocycles. The molecule has 0 heterocycles. The van der Waals surface area contributed by atoms with E-state index in [0.29, 0.717) is 6.42 Å². The van der Waals surface area contributed by atoms with E-state index in [9.17, 15) is 13.2 Å². The van der Waals surface area contributed by atoms with Crippen LogP contribution in [-0.4, -0.2) is 45.4 Å². The minimum absolute atomic E-state index is 0.122. The summed E-state index contributed by atoms with van der Waals surface area (Å²) < 4.78 is 27.0. The number of sulfonamides is 1. The number of carbonyl (C=O) groups excluding carboxylic acids is 1. The summed E-state index contributed by atoms with van der Waals surface area (Å²) in [6.45, 7) is 2.26. The minimum atomic E-state index is -3.59. The average Bonchev–Trinajstić information content (AvgIpc) is 2.62. The lowest BCUT2D eigenvalue weighted by Crippen LogP contribution is -2.45. The Bertz CT molecular complexity index is 821. The van der Waals surface area contributed by atoms with Crippen molar-refractivity contribution in [2.24, 2.45) is 5.73 Å². The number of aryl methyl sites for hydroxylation is 1. The molecule has 0 aliphatic carbocycles. The molecule has 7 heteroatoms. The maximum atomic E-state index is 12.3. The number of hydrogen-bond donors (Lipinski definition) is 2. The molecule has 2 aromatic carbocycles. The molecular weight excluding hydrogens is 350 g/mol. The Morgan fingerprint density at radius 2 is 1.73 bits per heavy atom. The van der Waals surface area contributed by atoms with Crippen LogP contribution in [0.25, 0.3) is 0 Å².